The van der Waals surface area contributed by atoms with Crippen LogP contribution in [0.3, 0.4) is 0 Å². The normalized spacial score (nSPS) is 11.3. The highest BCUT2D eigenvalue weighted by atomic mass is 19.1. The van der Waals surface area contributed by atoms with Gasteiger partial charge in [-0.05, 0) is 74.9 Å². The van der Waals surface area contributed by atoms with Crippen LogP contribution >= 0.6 is 0 Å². The minimum atomic E-state index is -0.265. The van der Waals surface area contributed by atoms with Crippen LogP contribution in [0, 0.1) is 19.7 Å². The highest BCUT2D eigenvalue weighted by Crippen LogP contribution is 2.28. The number of amides is 1. The van der Waals surface area contributed by atoms with E-state index in [4.69, 9.17) is 4.74 Å². The first-order chi connectivity index (χ1) is 16.5. The molecule has 7 heteroatoms. The van der Waals surface area contributed by atoms with Crippen LogP contribution < -0.4 is 10.1 Å². The molecule has 0 spiro atoms. The zero-order valence-electron chi connectivity index (χ0n) is 19.6. The summed E-state index contributed by atoms with van der Waals surface area (Å²) in [6, 6.07) is 10.8. The summed E-state index contributed by atoms with van der Waals surface area (Å²) in [5.41, 5.74) is 4.79. The van der Waals surface area contributed by atoms with Crippen LogP contribution in [-0.2, 0) is 11.2 Å². The lowest BCUT2D eigenvalue weighted by atomic mass is 10.0. The summed E-state index contributed by atoms with van der Waals surface area (Å²) in [6.07, 6.45) is 4.88. The Balaban J connectivity index is 1.35. The largest absolute Gasteiger partial charge is 0.494 e. The first-order valence-electron chi connectivity index (χ1n) is 11.7. The zero-order valence-corrected chi connectivity index (χ0v) is 19.6. The van der Waals surface area contributed by atoms with Crippen molar-refractivity contribution < 1.29 is 18.7 Å². The Morgan fingerprint density at radius 2 is 1.94 bits per heavy atom. The molecule has 2 aromatic heterocycles. The van der Waals surface area contributed by atoms with Gasteiger partial charge in [0.1, 0.15) is 23.5 Å². The molecule has 0 aliphatic heterocycles. The summed E-state index contributed by atoms with van der Waals surface area (Å²) >= 11 is 0. The Morgan fingerprint density at radius 1 is 1.09 bits per heavy atom. The van der Waals surface area contributed by atoms with E-state index < -0.39 is 0 Å². The van der Waals surface area contributed by atoms with E-state index in [2.05, 4.69) is 15.3 Å². The van der Waals surface area contributed by atoms with E-state index in [0.717, 1.165) is 64.4 Å². The van der Waals surface area contributed by atoms with Crippen LogP contribution in [0.2, 0.25) is 0 Å². The number of carbonyl (C=O) groups is 2. The number of aromatic amines is 2. The summed E-state index contributed by atoms with van der Waals surface area (Å²) in [5.74, 6) is 0.293. The molecule has 2 aromatic carbocycles. The Morgan fingerprint density at radius 3 is 2.76 bits per heavy atom. The lowest BCUT2D eigenvalue weighted by Gasteiger charge is -2.06. The molecule has 3 N–H and O–H groups in total. The van der Waals surface area contributed by atoms with Crippen molar-refractivity contribution in [3.8, 4) is 5.75 Å². The molecule has 0 saturated carbocycles. The molecular weight excluding hydrogens is 433 g/mol. The van der Waals surface area contributed by atoms with E-state index in [-0.39, 0.29) is 11.7 Å². The van der Waals surface area contributed by atoms with Crippen LogP contribution in [0.4, 0.5) is 4.39 Å². The maximum atomic E-state index is 14.2. The van der Waals surface area contributed by atoms with Crippen LogP contribution in [0.15, 0.2) is 36.4 Å². The van der Waals surface area contributed by atoms with Crippen LogP contribution in [-0.4, -0.2) is 35.3 Å². The minimum absolute atomic E-state index is 0.186. The zero-order chi connectivity index (χ0) is 24.1. The molecule has 6 nitrogen and oxygen atoms in total. The summed E-state index contributed by atoms with van der Waals surface area (Å²) in [6.45, 7) is 4.93. The quantitative estimate of drug-likeness (QED) is 0.202. The van der Waals surface area contributed by atoms with Crippen molar-refractivity contribution >= 4 is 34.0 Å². The Bertz CT molecular complexity index is 1320. The molecule has 0 saturated heterocycles. The van der Waals surface area contributed by atoms with Gasteiger partial charge in [-0.2, -0.15) is 0 Å². The van der Waals surface area contributed by atoms with Gasteiger partial charge in [-0.25, -0.2) is 4.39 Å². The second kappa shape index (κ2) is 10.5. The van der Waals surface area contributed by atoms with Crippen molar-refractivity contribution in [2.24, 2.45) is 0 Å². The molecule has 0 unspecified atom stereocenters. The number of H-pyrrole nitrogens is 2. The lowest BCUT2D eigenvalue weighted by molar-refractivity contribution is -0.107. The number of nitrogens with one attached hydrogen (secondary N) is 3. The number of aldehydes is 1. The van der Waals surface area contributed by atoms with Crippen molar-refractivity contribution in [3.63, 3.8) is 0 Å². The number of hydrogen-bond acceptors (Lipinski definition) is 3. The molecular formula is C27H30FN3O3. The highest BCUT2D eigenvalue weighted by Gasteiger charge is 2.15. The average Bonchev–Trinajstić information content (AvgIpc) is 3.40. The summed E-state index contributed by atoms with van der Waals surface area (Å²) in [4.78, 5) is 29.4. The van der Waals surface area contributed by atoms with Crippen LogP contribution in [0.1, 0.15) is 53.0 Å². The fourth-order valence-electron chi connectivity index (χ4n) is 4.37. The summed E-state index contributed by atoms with van der Waals surface area (Å²) < 4.78 is 20.0. The number of fused-ring (bicyclic) bond motifs is 2. The molecule has 2 heterocycles. The molecule has 178 valence electrons. The van der Waals surface area contributed by atoms with Crippen molar-refractivity contribution in [3.05, 3.63) is 64.7 Å². The predicted molar refractivity (Wildman–Crippen MR) is 132 cm³/mol. The smallest absolute Gasteiger partial charge is 0.267 e. The van der Waals surface area contributed by atoms with E-state index in [9.17, 15) is 14.0 Å². The van der Waals surface area contributed by atoms with E-state index >= 15 is 0 Å². The highest BCUT2D eigenvalue weighted by molar-refractivity contribution is 5.98. The number of hydrogen-bond donors (Lipinski definition) is 3. The van der Waals surface area contributed by atoms with E-state index in [1.54, 1.807) is 6.07 Å². The van der Waals surface area contributed by atoms with Crippen molar-refractivity contribution in [2.75, 3.05) is 13.2 Å². The first kappa shape index (κ1) is 23.5. The van der Waals surface area contributed by atoms with E-state index in [0.29, 0.717) is 37.2 Å². The third-order valence-electron chi connectivity index (χ3n) is 6.16. The van der Waals surface area contributed by atoms with Crippen molar-refractivity contribution in [2.45, 2.75) is 46.0 Å². The Kier molecular flexibility index (Phi) is 7.30. The Hall–Kier alpha value is -3.61. The molecule has 0 bridgehead atoms. The van der Waals surface area contributed by atoms with Gasteiger partial charge in [0.05, 0.1) is 12.1 Å². The molecule has 0 aliphatic carbocycles. The third kappa shape index (κ3) is 5.14. The average molecular weight is 464 g/mol. The summed E-state index contributed by atoms with van der Waals surface area (Å²) in [5, 5.41) is 4.79. The van der Waals surface area contributed by atoms with E-state index in [1.807, 2.05) is 38.1 Å². The molecule has 0 aliphatic rings. The van der Waals surface area contributed by atoms with Gasteiger partial charge in [0.2, 0.25) is 0 Å². The number of carbonyl (C=O) groups excluding carboxylic acids is 2. The number of rotatable bonds is 11. The third-order valence-corrected chi connectivity index (χ3v) is 6.16. The fourth-order valence-corrected chi connectivity index (χ4v) is 4.37. The monoisotopic (exact) mass is 463 g/mol. The van der Waals surface area contributed by atoms with Crippen molar-refractivity contribution in [1.82, 2.24) is 15.3 Å². The number of unbranched alkanes of at least 4 members (excludes halogenated alkanes) is 3. The second-order valence-electron chi connectivity index (χ2n) is 8.65. The fraction of sp³-hybridized carbons (Fsp3) is 0.333. The van der Waals surface area contributed by atoms with Gasteiger partial charge in [-0.3, -0.25) is 4.79 Å². The van der Waals surface area contributed by atoms with Gasteiger partial charge in [0, 0.05) is 41.0 Å². The SMILES string of the molecule is Cc1[nH]c2c(F)ccc(C)c2c1CCNC(=O)c1cc2ccc(OCCCCCC=O)cc2[nH]1. The Labute approximate surface area is 197 Å². The minimum Gasteiger partial charge on any atom is -0.494 e. The van der Waals surface area contributed by atoms with Crippen LogP contribution in [0.25, 0.3) is 21.8 Å². The number of aryl methyl sites for hydroxylation is 2. The van der Waals surface area contributed by atoms with Gasteiger partial charge >= 0.3 is 0 Å². The van der Waals surface area contributed by atoms with E-state index in [1.165, 1.54) is 6.07 Å². The van der Waals surface area contributed by atoms with Crippen LogP contribution in [0.5, 0.6) is 5.75 Å². The molecule has 4 aromatic rings. The number of aromatic nitrogens is 2. The maximum absolute atomic E-state index is 14.2. The standard InChI is InChI=1S/C27H30FN3O3/c1-17-7-10-22(28)26-25(17)21(18(2)30-26)11-12-29-27(33)24-15-19-8-9-20(16-23(19)31-24)34-14-6-4-3-5-13-32/h7-10,13,15-16,30-31H,3-6,11-12,14H2,1-2H3,(H,29,33). The number of halogens is 1. The molecule has 34 heavy (non-hydrogen) atoms. The molecule has 0 atom stereocenters. The lowest BCUT2D eigenvalue weighted by Crippen LogP contribution is -2.26. The van der Waals surface area contributed by atoms with Gasteiger partial charge in [0.15, 0.2) is 0 Å². The number of benzene rings is 2. The van der Waals surface area contributed by atoms with Crippen molar-refractivity contribution in [1.29, 1.82) is 0 Å². The predicted octanol–water partition coefficient (Wildman–Crippen LogP) is 5.52. The molecule has 0 fully saturated rings. The number of ether oxygens (including phenoxy) is 1. The van der Waals surface area contributed by atoms with Gasteiger partial charge in [-0.15, -0.1) is 0 Å². The first-order valence-corrected chi connectivity index (χ1v) is 11.7. The van der Waals surface area contributed by atoms with Gasteiger partial charge in [-0.1, -0.05) is 6.07 Å². The summed E-state index contributed by atoms with van der Waals surface area (Å²) in [7, 11) is 0. The maximum Gasteiger partial charge on any atom is 0.267 e. The van der Waals surface area contributed by atoms with Gasteiger partial charge < -0.3 is 24.8 Å². The second-order valence-corrected chi connectivity index (χ2v) is 8.65. The topological polar surface area (TPSA) is 87.0 Å². The molecule has 0 radical (unpaired) electrons. The van der Waals surface area contributed by atoms with Gasteiger partial charge in [0.25, 0.3) is 5.91 Å². The molecule has 4 rings (SSSR count). The molecule has 1 amide bonds.